The molecule has 0 saturated heterocycles. The fourth-order valence-corrected chi connectivity index (χ4v) is 1.85. The molecule has 19 heavy (non-hydrogen) atoms. The van der Waals surface area contributed by atoms with Gasteiger partial charge in [-0.3, -0.25) is 14.5 Å². The summed E-state index contributed by atoms with van der Waals surface area (Å²) in [6, 6.07) is 9.85. The Morgan fingerprint density at radius 3 is 2.47 bits per heavy atom. The van der Waals surface area contributed by atoms with Gasteiger partial charge < -0.3 is 10.8 Å². The zero-order valence-corrected chi connectivity index (χ0v) is 11.1. The zero-order chi connectivity index (χ0) is 14.3. The van der Waals surface area contributed by atoms with E-state index < -0.39 is 17.8 Å². The summed E-state index contributed by atoms with van der Waals surface area (Å²) in [5, 5.41) is 8.91. The van der Waals surface area contributed by atoms with Gasteiger partial charge in [0.05, 0.1) is 12.5 Å². The van der Waals surface area contributed by atoms with Gasteiger partial charge in [0.1, 0.15) is 0 Å². The Morgan fingerprint density at radius 2 is 1.95 bits per heavy atom. The molecule has 5 nitrogen and oxygen atoms in total. The van der Waals surface area contributed by atoms with Crippen LogP contribution in [0.3, 0.4) is 0 Å². The van der Waals surface area contributed by atoms with E-state index in [1.54, 1.807) is 11.8 Å². The third-order valence-electron chi connectivity index (χ3n) is 2.89. The first-order valence-electron chi connectivity index (χ1n) is 6.26. The predicted molar refractivity (Wildman–Crippen MR) is 72.6 cm³/mol. The van der Waals surface area contributed by atoms with Crippen molar-refractivity contribution in [3.63, 3.8) is 0 Å². The Morgan fingerprint density at radius 1 is 1.32 bits per heavy atom. The van der Waals surface area contributed by atoms with E-state index in [0.717, 1.165) is 12.0 Å². The van der Waals surface area contributed by atoms with Crippen LogP contribution >= 0.6 is 0 Å². The van der Waals surface area contributed by atoms with Crippen molar-refractivity contribution < 1.29 is 14.7 Å². The topological polar surface area (TPSA) is 83.6 Å². The predicted octanol–water partition coefficient (Wildman–Crippen LogP) is 0.737. The fourth-order valence-electron chi connectivity index (χ4n) is 1.85. The van der Waals surface area contributed by atoms with Crippen molar-refractivity contribution in [2.75, 3.05) is 19.6 Å². The summed E-state index contributed by atoms with van der Waals surface area (Å²) in [6.07, 6.45) is 0.764. The van der Waals surface area contributed by atoms with Gasteiger partial charge in [-0.05, 0) is 12.0 Å². The number of carboxylic acids is 1. The average molecular weight is 264 g/mol. The molecule has 3 N–H and O–H groups in total. The summed E-state index contributed by atoms with van der Waals surface area (Å²) in [6.45, 7) is 2.65. The first kappa shape index (κ1) is 15.2. The monoisotopic (exact) mass is 264 g/mol. The summed E-state index contributed by atoms with van der Waals surface area (Å²) in [7, 11) is 0. The Hall–Kier alpha value is -1.88. The van der Waals surface area contributed by atoms with Gasteiger partial charge >= 0.3 is 5.97 Å². The number of carbonyl (C=O) groups is 2. The summed E-state index contributed by atoms with van der Waals surface area (Å²) in [4.78, 5) is 23.6. The summed E-state index contributed by atoms with van der Waals surface area (Å²) < 4.78 is 0. The molecule has 104 valence electrons. The van der Waals surface area contributed by atoms with E-state index in [-0.39, 0.29) is 6.54 Å². The van der Waals surface area contributed by atoms with E-state index in [4.69, 9.17) is 10.8 Å². The SMILES string of the molecule is CC(CN(CCc1ccccc1)CC(N)=O)C(=O)O. The van der Waals surface area contributed by atoms with E-state index in [1.165, 1.54) is 0 Å². The zero-order valence-electron chi connectivity index (χ0n) is 11.1. The summed E-state index contributed by atoms with van der Waals surface area (Å²) >= 11 is 0. The van der Waals surface area contributed by atoms with Crippen molar-refractivity contribution >= 4 is 11.9 Å². The lowest BCUT2D eigenvalue weighted by atomic mass is 10.1. The lowest BCUT2D eigenvalue weighted by molar-refractivity contribution is -0.142. The number of benzene rings is 1. The Bertz CT molecular complexity index is 420. The van der Waals surface area contributed by atoms with Crippen LogP contribution in [0.2, 0.25) is 0 Å². The normalized spacial score (nSPS) is 12.3. The molecule has 1 unspecified atom stereocenters. The lowest BCUT2D eigenvalue weighted by Gasteiger charge is -2.22. The first-order valence-corrected chi connectivity index (χ1v) is 6.26. The molecule has 5 heteroatoms. The second-order valence-corrected chi connectivity index (χ2v) is 4.68. The van der Waals surface area contributed by atoms with Crippen LogP contribution in [0.25, 0.3) is 0 Å². The molecule has 0 radical (unpaired) electrons. The molecular formula is C14H20N2O3. The Labute approximate surface area is 113 Å². The molecule has 0 fully saturated rings. The smallest absolute Gasteiger partial charge is 0.307 e. The van der Waals surface area contributed by atoms with Gasteiger partial charge in [0.15, 0.2) is 0 Å². The fraction of sp³-hybridized carbons (Fsp3) is 0.429. The van der Waals surface area contributed by atoms with Crippen molar-refractivity contribution in [3.8, 4) is 0 Å². The maximum Gasteiger partial charge on any atom is 0.307 e. The minimum absolute atomic E-state index is 0.0878. The molecular weight excluding hydrogens is 244 g/mol. The number of hydrogen-bond donors (Lipinski definition) is 2. The number of carboxylic acid groups (broad SMARTS) is 1. The van der Waals surface area contributed by atoms with Gasteiger partial charge in [0.25, 0.3) is 0 Å². The number of carbonyl (C=O) groups excluding carboxylic acids is 1. The standard InChI is InChI=1S/C14H20N2O3/c1-11(14(18)19)9-16(10-13(15)17)8-7-12-5-3-2-4-6-12/h2-6,11H,7-10H2,1H3,(H2,15,17)(H,18,19). The second-order valence-electron chi connectivity index (χ2n) is 4.68. The highest BCUT2D eigenvalue weighted by molar-refractivity contribution is 5.76. The van der Waals surface area contributed by atoms with Gasteiger partial charge in [-0.25, -0.2) is 0 Å². The molecule has 0 bridgehead atoms. The number of hydrogen-bond acceptors (Lipinski definition) is 3. The third-order valence-corrected chi connectivity index (χ3v) is 2.89. The molecule has 1 rings (SSSR count). The second kappa shape index (κ2) is 7.53. The van der Waals surface area contributed by atoms with Crippen molar-refractivity contribution in [1.82, 2.24) is 4.90 Å². The molecule has 1 aromatic carbocycles. The highest BCUT2D eigenvalue weighted by Gasteiger charge is 2.17. The van der Waals surface area contributed by atoms with Crippen molar-refractivity contribution in [3.05, 3.63) is 35.9 Å². The molecule has 0 aliphatic rings. The largest absolute Gasteiger partial charge is 0.481 e. The Balaban J connectivity index is 2.54. The third kappa shape index (κ3) is 6.01. The van der Waals surface area contributed by atoms with Crippen molar-refractivity contribution in [2.24, 2.45) is 11.7 Å². The van der Waals surface area contributed by atoms with Crippen LogP contribution in [-0.2, 0) is 16.0 Å². The minimum atomic E-state index is -0.866. The highest BCUT2D eigenvalue weighted by Crippen LogP contribution is 2.04. The molecule has 0 saturated carbocycles. The molecule has 0 aliphatic carbocycles. The molecule has 0 aromatic heterocycles. The van der Waals surface area contributed by atoms with E-state index in [9.17, 15) is 9.59 Å². The molecule has 1 amide bonds. The quantitative estimate of drug-likeness (QED) is 0.725. The number of aliphatic carboxylic acids is 1. The summed E-state index contributed by atoms with van der Waals surface area (Å²) in [5.74, 6) is -1.82. The average Bonchev–Trinajstić information content (AvgIpc) is 2.36. The Kier molecular flexibility index (Phi) is 6.02. The van der Waals surface area contributed by atoms with E-state index in [0.29, 0.717) is 13.1 Å². The summed E-state index contributed by atoms with van der Waals surface area (Å²) in [5.41, 5.74) is 6.34. The number of amides is 1. The molecule has 0 aliphatic heterocycles. The number of nitrogens with zero attached hydrogens (tertiary/aromatic N) is 1. The first-order chi connectivity index (χ1) is 8.99. The van der Waals surface area contributed by atoms with Crippen molar-refractivity contribution in [1.29, 1.82) is 0 Å². The van der Waals surface area contributed by atoms with Crippen LogP contribution in [-0.4, -0.2) is 41.5 Å². The van der Waals surface area contributed by atoms with Crippen LogP contribution in [0.15, 0.2) is 30.3 Å². The van der Waals surface area contributed by atoms with Gasteiger partial charge in [0.2, 0.25) is 5.91 Å². The molecule has 0 heterocycles. The van der Waals surface area contributed by atoms with Gasteiger partial charge in [-0.1, -0.05) is 37.3 Å². The molecule has 1 aromatic rings. The molecule has 1 atom stereocenters. The van der Waals surface area contributed by atoms with Crippen LogP contribution < -0.4 is 5.73 Å². The van der Waals surface area contributed by atoms with Crippen LogP contribution in [0, 0.1) is 5.92 Å². The van der Waals surface area contributed by atoms with Crippen LogP contribution in [0.1, 0.15) is 12.5 Å². The van der Waals surface area contributed by atoms with Crippen molar-refractivity contribution in [2.45, 2.75) is 13.3 Å². The van der Waals surface area contributed by atoms with E-state index in [1.807, 2.05) is 30.3 Å². The van der Waals surface area contributed by atoms with Crippen LogP contribution in [0.4, 0.5) is 0 Å². The number of primary amides is 1. The number of nitrogens with two attached hydrogens (primary N) is 1. The maximum atomic E-state index is 11.0. The molecule has 0 spiro atoms. The van der Waals surface area contributed by atoms with E-state index in [2.05, 4.69) is 0 Å². The van der Waals surface area contributed by atoms with Crippen LogP contribution in [0.5, 0.6) is 0 Å². The number of rotatable bonds is 8. The maximum absolute atomic E-state index is 11.0. The van der Waals surface area contributed by atoms with Gasteiger partial charge in [-0.15, -0.1) is 0 Å². The minimum Gasteiger partial charge on any atom is -0.481 e. The van der Waals surface area contributed by atoms with Gasteiger partial charge in [-0.2, -0.15) is 0 Å². The van der Waals surface area contributed by atoms with E-state index >= 15 is 0 Å². The van der Waals surface area contributed by atoms with Gasteiger partial charge in [0, 0.05) is 13.1 Å². The highest BCUT2D eigenvalue weighted by atomic mass is 16.4. The lowest BCUT2D eigenvalue weighted by Crippen LogP contribution is -2.39.